The van der Waals surface area contributed by atoms with Crippen LogP contribution in [0.4, 0.5) is 0 Å². The first-order valence-electron chi connectivity index (χ1n) is 6.68. The fourth-order valence-electron chi connectivity index (χ4n) is 2.67. The van der Waals surface area contributed by atoms with Gasteiger partial charge in [0.2, 0.25) is 0 Å². The lowest BCUT2D eigenvalue weighted by Gasteiger charge is -2.10. The van der Waals surface area contributed by atoms with E-state index in [0.717, 1.165) is 11.5 Å². The molecular weight excluding hydrogens is 264 g/mol. The van der Waals surface area contributed by atoms with Gasteiger partial charge >= 0.3 is 0 Å². The van der Waals surface area contributed by atoms with E-state index in [1.807, 2.05) is 11.8 Å². The first-order valence-corrected chi connectivity index (χ1v) is 7.50. The maximum Gasteiger partial charge on any atom is 0.146 e. The number of aryl methyl sites for hydroxylation is 1. The van der Waals surface area contributed by atoms with E-state index >= 15 is 0 Å². The van der Waals surface area contributed by atoms with Gasteiger partial charge in [-0.3, -0.25) is 4.57 Å². The second kappa shape index (κ2) is 4.25. The predicted molar refractivity (Wildman–Crippen MR) is 82.6 cm³/mol. The van der Waals surface area contributed by atoms with Crippen molar-refractivity contribution in [3.63, 3.8) is 0 Å². The van der Waals surface area contributed by atoms with Crippen molar-refractivity contribution in [2.24, 2.45) is 0 Å². The highest BCUT2D eigenvalue weighted by Crippen LogP contribution is 2.43. The second-order valence-corrected chi connectivity index (χ2v) is 6.09. The summed E-state index contributed by atoms with van der Waals surface area (Å²) in [6.45, 7) is 4.22. The molecule has 3 aromatic rings. The largest absolute Gasteiger partial charge is 0.296 e. The maximum absolute atomic E-state index is 4.80. The predicted octanol–water partition coefficient (Wildman–Crippen LogP) is 4.62. The summed E-state index contributed by atoms with van der Waals surface area (Å²) >= 11 is 1.82. The number of rotatable bonds is 0. The van der Waals surface area contributed by atoms with Gasteiger partial charge in [0.05, 0.1) is 11.4 Å². The molecule has 0 bridgehead atoms. The summed E-state index contributed by atoms with van der Waals surface area (Å²) in [6.07, 6.45) is 0. The zero-order valence-corrected chi connectivity index (χ0v) is 12.2. The summed E-state index contributed by atoms with van der Waals surface area (Å²) in [5.41, 5.74) is 4.74. The SMILES string of the molecule is Cc1nc2n(c1C)-c1ccccc1Sc1ccccc1-2. The molecule has 0 amide bonds. The molecule has 98 valence electrons. The van der Waals surface area contributed by atoms with Gasteiger partial charge in [0, 0.05) is 21.0 Å². The van der Waals surface area contributed by atoms with E-state index in [0.29, 0.717) is 0 Å². The zero-order valence-electron chi connectivity index (χ0n) is 11.4. The van der Waals surface area contributed by atoms with E-state index in [1.54, 1.807) is 0 Å². The summed E-state index contributed by atoms with van der Waals surface area (Å²) in [5, 5.41) is 0. The topological polar surface area (TPSA) is 17.8 Å². The van der Waals surface area contributed by atoms with Crippen LogP contribution in [0.3, 0.4) is 0 Å². The minimum atomic E-state index is 1.05. The van der Waals surface area contributed by atoms with Gasteiger partial charge in [0.1, 0.15) is 5.82 Å². The molecule has 1 aliphatic rings. The smallest absolute Gasteiger partial charge is 0.146 e. The van der Waals surface area contributed by atoms with Crippen LogP contribution in [-0.4, -0.2) is 9.55 Å². The summed E-state index contributed by atoms with van der Waals surface area (Å²) in [6, 6.07) is 17.0. The quantitative estimate of drug-likeness (QED) is 0.467. The lowest BCUT2D eigenvalue weighted by Crippen LogP contribution is -1.99. The van der Waals surface area contributed by atoms with Crippen LogP contribution in [0.1, 0.15) is 11.4 Å². The van der Waals surface area contributed by atoms with E-state index in [2.05, 4.69) is 66.9 Å². The van der Waals surface area contributed by atoms with Gasteiger partial charge in [-0.1, -0.05) is 42.1 Å². The molecular formula is C17H14N2S. The Balaban J connectivity index is 2.16. The molecule has 2 nitrogen and oxygen atoms in total. The maximum atomic E-state index is 4.80. The third-order valence-corrected chi connectivity index (χ3v) is 4.94. The molecule has 4 rings (SSSR count). The number of nitrogens with zero attached hydrogens (tertiary/aromatic N) is 2. The van der Waals surface area contributed by atoms with Gasteiger partial charge in [0.15, 0.2) is 0 Å². The molecule has 0 saturated heterocycles. The van der Waals surface area contributed by atoms with E-state index in [-0.39, 0.29) is 0 Å². The Labute approximate surface area is 122 Å². The normalized spacial score (nSPS) is 12.3. The van der Waals surface area contributed by atoms with Crippen LogP contribution in [-0.2, 0) is 0 Å². The molecule has 0 atom stereocenters. The van der Waals surface area contributed by atoms with Crippen LogP contribution >= 0.6 is 11.8 Å². The molecule has 0 aliphatic carbocycles. The first-order chi connectivity index (χ1) is 9.75. The van der Waals surface area contributed by atoms with Gasteiger partial charge in [-0.15, -0.1) is 0 Å². The summed E-state index contributed by atoms with van der Waals surface area (Å²) < 4.78 is 2.28. The van der Waals surface area contributed by atoms with E-state index in [1.165, 1.54) is 26.7 Å². The van der Waals surface area contributed by atoms with E-state index in [9.17, 15) is 0 Å². The van der Waals surface area contributed by atoms with Crippen molar-refractivity contribution in [2.75, 3.05) is 0 Å². The molecule has 0 unspecified atom stereocenters. The van der Waals surface area contributed by atoms with Crippen LogP contribution < -0.4 is 0 Å². The van der Waals surface area contributed by atoms with E-state index < -0.39 is 0 Å². The first kappa shape index (κ1) is 11.8. The van der Waals surface area contributed by atoms with Crippen molar-refractivity contribution in [1.82, 2.24) is 9.55 Å². The fraction of sp³-hybridized carbons (Fsp3) is 0.118. The monoisotopic (exact) mass is 278 g/mol. The average molecular weight is 278 g/mol. The minimum Gasteiger partial charge on any atom is -0.296 e. The summed E-state index contributed by atoms with van der Waals surface area (Å²) in [5.74, 6) is 1.05. The van der Waals surface area contributed by atoms with Crippen molar-refractivity contribution in [3.8, 4) is 17.1 Å². The Kier molecular flexibility index (Phi) is 2.51. The third kappa shape index (κ3) is 1.56. The zero-order chi connectivity index (χ0) is 13.7. The summed E-state index contributed by atoms with van der Waals surface area (Å²) in [7, 11) is 0. The Hall–Kier alpha value is -2.00. The molecule has 20 heavy (non-hydrogen) atoms. The highest BCUT2D eigenvalue weighted by molar-refractivity contribution is 7.99. The van der Waals surface area contributed by atoms with Crippen LogP contribution in [0.5, 0.6) is 0 Å². The van der Waals surface area contributed by atoms with E-state index in [4.69, 9.17) is 4.98 Å². The number of imidazole rings is 1. The third-order valence-electron chi connectivity index (χ3n) is 3.80. The Morgan fingerprint density at radius 3 is 2.45 bits per heavy atom. The minimum absolute atomic E-state index is 1.05. The molecule has 0 spiro atoms. The highest BCUT2D eigenvalue weighted by Gasteiger charge is 2.22. The second-order valence-electron chi connectivity index (χ2n) is 5.01. The lowest BCUT2D eigenvalue weighted by molar-refractivity contribution is 0.984. The Morgan fingerprint density at radius 2 is 1.60 bits per heavy atom. The highest BCUT2D eigenvalue weighted by atomic mass is 32.2. The molecule has 2 aromatic carbocycles. The standard InChI is InChI=1S/C17H14N2S/c1-11-12(2)19-14-8-4-6-10-16(14)20-15-9-5-3-7-13(15)17(19)18-11/h3-10H,1-2H3. The number of fused-ring (bicyclic) bond motifs is 5. The molecule has 2 heterocycles. The fourth-order valence-corrected chi connectivity index (χ4v) is 3.74. The van der Waals surface area contributed by atoms with Crippen LogP contribution in [0.25, 0.3) is 17.1 Å². The van der Waals surface area contributed by atoms with Crippen molar-refractivity contribution in [1.29, 1.82) is 0 Å². The van der Waals surface area contributed by atoms with Gasteiger partial charge < -0.3 is 0 Å². The van der Waals surface area contributed by atoms with Crippen LogP contribution in [0, 0.1) is 13.8 Å². The van der Waals surface area contributed by atoms with Crippen molar-refractivity contribution in [3.05, 3.63) is 59.9 Å². The molecule has 1 aromatic heterocycles. The Bertz CT molecular complexity index is 818. The molecule has 1 aliphatic heterocycles. The number of benzene rings is 2. The van der Waals surface area contributed by atoms with Crippen molar-refractivity contribution in [2.45, 2.75) is 23.6 Å². The molecule has 3 heteroatoms. The van der Waals surface area contributed by atoms with Gasteiger partial charge in [-0.05, 0) is 32.0 Å². The van der Waals surface area contributed by atoms with Gasteiger partial charge in [-0.25, -0.2) is 4.98 Å². The van der Waals surface area contributed by atoms with Gasteiger partial charge in [0.25, 0.3) is 0 Å². The van der Waals surface area contributed by atoms with Crippen LogP contribution in [0.15, 0.2) is 58.3 Å². The molecule has 0 N–H and O–H groups in total. The van der Waals surface area contributed by atoms with Crippen molar-refractivity contribution >= 4 is 11.8 Å². The Morgan fingerprint density at radius 1 is 0.900 bits per heavy atom. The number of para-hydroxylation sites is 1. The lowest BCUT2D eigenvalue weighted by atomic mass is 10.2. The van der Waals surface area contributed by atoms with Crippen LogP contribution in [0.2, 0.25) is 0 Å². The molecule has 0 saturated carbocycles. The number of hydrogen-bond donors (Lipinski definition) is 0. The van der Waals surface area contributed by atoms with Crippen molar-refractivity contribution < 1.29 is 0 Å². The number of aromatic nitrogens is 2. The number of hydrogen-bond acceptors (Lipinski definition) is 2. The molecule has 0 fully saturated rings. The van der Waals surface area contributed by atoms with Gasteiger partial charge in [-0.2, -0.15) is 0 Å². The summed E-state index contributed by atoms with van der Waals surface area (Å²) in [4.78, 5) is 7.34. The average Bonchev–Trinajstić information content (AvgIpc) is 2.68. The molecule has 0 radical (unpaired) electrons.